The van der Waals surface area contributed by atoms with Crippen LogP contribution in [-0.2, 0) is 4.29 Å². The Morgan fingerprint density at radius 3 is 2.19 bits per heavy atom. The first-order valence-electron chi connectivity index (χ1n) is 3.72. The van der Waals surface area contributed by atoms with Crippen LogP contribution in [0, 0.1) is 10.2 Å². The molecule has 0 saturated heterocycles. The Hall–Kier alpha value is -0.340. The molecule has 0 radical (unpaired) electrons. The summed E-state index contributed by atoms with van der Waals surface area (Å²) in [4.78, 5) is 11.2. The molecule has 0 amide bonds. The minimum Gasteiger partial charge on any atom is -0.291 e. The van der Waals surface area contributed by atoms with E-state index in [1.807, 2.05) is 0 Å². The molecule has 0 saturated carbocycles. The van der Waals surface area contributed by atoms with E-state index < -0.39 is 22.6 Å². The van der Waals surface area contributed by atoms with Crippen molar-refractivity contribution < 1.29 is 33.3 Å². The number of carbonyl (C=O) groups is 1. The first-order chi connectivity index (χ1) is 6.88. The lowest BCUT2D eigenvalue weighted by atomic mass is 10.1. The number of benzene rings is 1. The molecule has 0 atom stereocenters. The van der Waals surface area contributed by atoms with Gasteiger partial charge in [-0.1, -0.05) is 11.6 Å². The largest absolute Gasteiger partial charge is 0.291 e. The molecule has 0 spiro atoms. The Morgan fingerprint density at radius 1 is 1.25 bits per heavy atom. The van der Waals surface area contributed by atoms with Gasteiger partial charge in [-0.15, -0.1) is 0 Å². The highest BCUT2D eigenvalue weighted by atomic mass is 35.7. The van der Waals surface area contributed by atoms with Crippen molar-refractivity contribution in [3.8, 4) is 0 Å². The summed E-state index contributed by atoms with van der Waals surface area (Å²) >= 11 is 5.58. The average Bonchev–Trinajstić information content (AvgIpc) is 2.14. The lowest BCUT2D eigenvalue weighted by Crippen LogP contribution is -2.61. The molecular formula is C8H8Cl2O5S. The predicted octanol–water partition coefficient (Wildman–Crippen LogP) is -1.45. The summed E-state index contributed by atoms with van der Waals surface area (Å²) in [5, 5.41) is 0.446. The summed E-state index contributed by atoms with van der Waals surface area (Å²) in [5.74, 6) is -0.612. The SMILES string of the molecule is O=C(CO[Cl+3]([O-])([O-])[O-])c1ccc(Cl)cc1.S. The normalized spacial score (nSPS) is 10.8. The van der Waals surface area contributed by atoms with Gasteiger partial charge >= 0.3 is 0 Å². The van der Waals surface area contributed by atoms with Gasteiger partial charge in [0.05, 0.1) is 14.5 Å². The first-order valence-corrected chi connectivity index (χ1v) is 5.34. The van der Waals surface area contributed by atoms with Crippen molar-refractivity contribution in [1.82, 2.24) is 0 Å². The highest BCUT2D eigenvalue weighted by Crippen LogP contribution is 2.10. The third-order valence-electron chi connectivity index (χ3n) is 1.49. The minimum atomic E-state index is -4.57. The van der Waals surface area contributed by atoms with E-state index in [4.69, 9.17) is 11.6 Å². The maximum atomic E-state index is 11.2. The van der Waals surface area contributed by atoms with Crippen molar-refractivity contribution in [2.75, 3.05) is 6.61 Å². The molecule has 8 heteroatoms. The van der Waals surface area contributed by atoms with Crippen molar-refractivity contribution in [2.24, 2.45) is 0 Å². The van der Waals surface area contributed by atoms with Crippen molar-refractivity contribution in [3.05, 3.63) is 34.9 Å². The fourth-order valence-electron chi connectivity index (χ4n) is 0.835. The van der Waals surface area contributed by atoms with E-state index in [1.54, 1.807) is 0 Å². The monoisotopic (exact) mass is 286 g/mol. The lowest BCUT2D eigenvalue weighted by Gasteiger charge is -2.11. The Kier molecular flexibility index (Phi) is 6.27. The molecule has 5 nitrogen and oxygen atoms in total. The Balaban J connectivity index is 0.00000225. The number of carbonyl (C=O) groups excluding carboxylic acids is 1. The van der Waals surface area contributed by atoms with Crippen LogP contribution in [0.5, 0.6) is 0 Å². The summed E-state index contributed by atoms with van der Waals surface area (Å²) in [5.41, 5.74) is 0.221. The van der Waals surface area contributed by atoms with Crippen LogP contribution in [0.1, 0.15) is 10.4 Å². The number of halogens is 2. The summed E-state index contributed by atoms with van der Waals surface area (Å²) in [6.45, 7) is -0.810. The topological polar surface area (TPSA) is 95.5 Å². The third kappa shape index (κ3) is 5.66. The minimum absolute atomic E-state index is 0. The van der Waals surface area contributed by atoms with Crippen LogP contribution in [-0.4, -0.2) is 12.4 Å². The van der Waals surface area contributed by atoms with Gasteiger partial charge in [-0.05, 0) is 24.3 Å². The quantitative estimate of drug-likeness (QED) is 0.631. The maximum Gasteiger partial charge on any atom is 0.265 e. The highest BCUT2D eigenvalue weighted by Gasteiger charge is 2.21. The molecule has 0 aliphatic heterocycles. The van der Waals surface area contributed by atoms with Crippen LogP contribution in [0.25, 0.3) is 0 Å². The fraction of sp³-hybridized carbons (Fsp3) is 0.125. The van der Waals surface area contributed by atoms with Gasteiger partial charge in [0.15, 0.2) is 0 Å². The molecule has 0 N–H and O–H groups in total. The van der Waals surface area contributed by atoms with Crippen LogP contribution in [0.4, 0.5) is 0 Å². The molecule has 0 fully saturated rings. The van der Waals surface area contributed by atoms with Crippen LogP contribution >= 0.6 is 25.1 Å². The van der Waals surface area contributed by atoms with Gasteiger partial charge in [-0.3, -0.25) is 4.79 Å². The maximum absolute atomic E-state index is 11.2. The number of hydrogen-bond donors (Lipinski definition) is 0. The van der Waals surface area contributed by atoms with E-state index in [1.165, 1.54) is 24.3 Å². The second-order valence-corrected chi connectivity index (χ2v) is 3.97. The standard InChI is InChI=1S/C8H6Cl2O5.H2S/c9-7-3-1-6(2-4-7)8(11)5-15-10(12,13)14;/h1-4H,5H2;1H2. The van der Waals surface area contributed by atoms with Crippen molar-refractivity contribution in [3.63, 3.8) is 0 Å². The molecule has 16 heavy (non-hydrogen) atoms. The Labute approximate surface area is 106 Å². The van der Waals surface area contributed by atoms with Crippen molar-refractivity contribution in [2.45, 2.75) is 0 Å². The molecule has 0 aliphatic rings. The first kappa shape index (κ1) is 15.7. The highest BCUT2D eigenvalue weighted by molar-refractivity contribution is 7.59. The zero-order valence-corrected chi connectivity index (χ0v) is 10.3. The molecule has 90 valence electrons. The van der Waals surface area contributed by atoms with Gasteiger partial charge in [0, 0.05) is 10.6 Å². The molecule has 0 unspecified atom stereocenters. The van der Waals surface area contributed by atoms with E-state index in [2.05, 4.69) is 4.29 Å². The summed E-state index contributed by atoms with van der Waals surface area (Å²) in [6.07, 6.45) is 0. The van der Waals surface area contributed by atoms with Crippen LogP contribution in [0.3, 0.4) is 0 Å². The number of rotatable bonds is 4. The van der Waals surface area contributed by atoms with Gasteiger partial charge in [0.1, 0.15) is 0 Å². The molecular weight excluding hydrogens is 279 g/mol. The summed E-state index contributed by atoms with van der Waals surface area (Å²) < 4.78 is 33.9. The van der Waals surface area contributed by atoms with E-state index in [9.17, 15) is 18.8 Å². The van der Waals surface area contributed by atoms with Crippen LogP contribution in [0.15, 0.2) is 24.3 Å². The van der Waals surface area contributed by atoms with E-state index in [-0.39, 0.29) is 19.1 Å². The van der Waals surface area contributed by atoms with E-state index >= 15 is 0 Å². The number of hydrogen-bond acceptors (Lipinski definition) is 5. The predicted molar refractivity (Wildman–Crippen MR) is 52.1 cm³/mol. The van der Waals surface area contributed by atoms with Gasteiger partial charge in [-0.25, -0.2) is 0 Å². The van der Waals surface area contributed by atoms with Crippen LogP contribution < -0.4 is 14.0 Å². The lowest BCUT2D eigenvalue weighted by molar-refractivity contribution is -1.92. The van der Waals surface area contributed by atoms with Crippen molar-refractivity contribution >= 4 is 30.9 Å². The van der Waals surface area contributed by atoms with Gasteiger partial charge < -0.3 is 0 Å². The molecule has 1 aromatic rings. The number of Topliss-reactive ketones (excluding diaryl/α,β-unsaturated/α-hetero) is 1. The summed E-state index contributed by atoms with van der Waals surface area (Å²) in [7, 11) is -4.57. The zero-order valence-electron chi connectivity index (χ0n) is 7.81. The zero-order chi connectivity index (χ0) is 11.5. The molecule has 1 rings (SSSR count). The Morgan fingerprint density at radius 2 is 1.75 bits per heavy atom. The fourth-order valence-corrected chi connectivity index (χ4v) is 1.19. The smallest absolute Gasteiger partial charge is 0.265 e. The second kappa shape index (κ2) is 6.41. The molecule has 0 heterocycles. The van der Waals surface area contributed by atoms with E-state index in [0.717, 1.165) is 0 Å². The van der Waals surface area contributed by atoms with E-state index in [0.29, 0.717) is 5.02 Å². The summed E-state index contributed by atoms with van der Waals surface area (Å²) in [6, 6.07) is 5.75. The Bertz CT molecular complexity index is 348. The molecule has 0 aromatic heterocycles. The number of ketones is 1. The van der Waals surface area contributed by atoms with Gasteiger partial charge in [0.2, 0.25) is 5.78 Å². The second-order valence-electron chi connectivity index (χ2n) is 2.56. The molecule has 0 bridgehead atoms. The van der Waals surface area contributed by atoms with Gasteiger partial charge in [0.25, 0.3) is 6.61 Å². The van der Waals surface area contributed by atoms with Crippen LogP contribution in [0.2, 0.25) is 5.02 Å². The average molecular weight is 287 g/mol. The third-order valence-corrected chi connectivity index (χ3v) is 2.11. The molecule has 0 aliphatic carbocycles. The molecule has 1 aromatic carbocycles. The van der Waals surface area contributed by atoms with Gasteiger partial charge in [-0.2, -0.15) is 27.5 Å². The van der Waals surface area contributed by atoms with Crippen molar-refractivity contribution in [1.29, 1.82) is 0 Å².